The van der Waals surface area contributed by atoms with Crippen molar-refractivity contribution in [2.45, 2.75) is 20.5 Å². The molecule has 0 fully saturated rings. The first kappa shape index (κ1) is 15.1. The van der Waals surface area contributed by atoms with Gasteiger partial charge in [-0.2, -0.15) is 8.78 Å². The highest BCUT2D eigenvalue weighted by Gasteiger charge is 2.28. The highest BCUT2D eigenvalue weighted by atomic mass is 19.3. The first-order chi connectivity index (χ1) is 8.84. The van der Waals surface area contributed by atoms with Crippen LogP contribution in [0.2, 0.25) is 0 Å². The van der Waals surface area contributed by atoms with Gasteiger partial charge in [-0.05, 0) is 12.1 Å². The molecule has 1 aromatic rings. The van der Waals surface area contributed by atoms with Gasteiger partial charge in [0.15, 0.2) is 5.78 Å². The molecule has 0 bridgehead atoms. The molecule has 2 unspecified atom stereocenters. The summed E-state index contributed by atoms with van der Waals surface area (Å²) in [6.45, 7) is -0.206. The molecule has 0 aromatic heterocycles. The number of alkyl halides is 2. The monoisotopic (exact) mass is 272 g/mol. The molecule has 0 saturated carbocycles. The molecule has 0 heterocycles. The van der Waals surface area contributed by atoms with Gasteiger partial charge in [-0.3, -0.25) is 9.59 Å². The van der Waals surface area contributed by atoms with Crippen molar-refractivity contribution >= 4 is 11.8 Å². The quantitative estimate of drug-likeness (QED) is 0.809. The summed E-state index contributed by atoms with van der Waals surface area (Å²) < 4.78 is 28.7. The van der Waals surface area contributed by atoms with E-state index in [2.05, 4.69) is 4.74 Å². The average Bonchev–Trinajstić information content (AvgIpc) is 2.36. The van der Waals surface area contributed by atoms with Crippen LogP contribution in [-0.2, 0) is 4.79 Å². The number of ketones is 1. The summed E-state index contributed by atoms with van der Waals surface area (Å²) in [6.07, 6.45) is 0. The first-order valence-corrected chi connectivity index (χ1v) is 5.65. The second kappa shape index (κ2) is 6.26. The Bertz CT molecular complexity index is 473. The van der Waals surface area contributed by atoms with Gasteiger partial charge in [0.25, 0.3) is 0 Å². The third-order valence-corrected chi connectivity index (χ3v) is 2.92. The zero-order chi connectivity index (χ0) is 14.6. The van der Waals surface area contributed by atoms with E-state index in [9.17, 15) is 18.4 Å². The molecular formula is C13H14F2O4. The second-order valence-electron chi connectivity index (χ2n) is 4.15. The number of carbonyl (C=O) groups excluding carboxylic acids is 1. The highest BCUT2D eigenvalue weighted by molar-refractivity contribution is 6.01. The topological polar surface area (TPSA) is 63.6 Å². The Hall–Kier alpha value is -1.98. The molecule has 1 aromatic carbocycles. The molecule has 0 aliphatic heterocycles. The standard InChI is InChI=1S/C13H14F2O4/c1-7(8(2)12(17)18)11(16)9-5-3-4-6-10(9)19-13(14)15/h3-8,13H,1-2H3,(H,17,18). The molecule has 0 aliphatic rings. The SMILES string of the molecule is CC(C(=O)O)C(C)C(=O)c1ccccc1OC(F)F. The Morgan fingerprint density at radius 1 is 1.16 bits per heavy atom. The van der Waals surface area contributed by atoms with Gasteiger partial charge in [0.2, 0.25) is 0 Å². The van der Waals surface area contributed by atoms with Crippen LogP contribution >= 0.6 is 0 Å². The maximum atomic E-state index is 12.2. The van der Waals surface area contributed by atoms with Crippen LogP contribution in [0.3, 0.4) is 0 Å². The van der Waals surface area contributed by atoms with E-state index in [4.69, 9.17) is 5.11 Å². The van der Waals surface area contributed by atoms with Crippen LogP contribution in [0, 0.1) is 11.8 Å². The predicted octanol–water partition coefficient (Wildman–Crippen LogP) is 2.83. The fraction of sp³-hybridized carbons (Fsp3) is 0.385. The van der Waals surface area contributed by atoms with E-state index in [0.29, 0.717) is 0 Å². The third-order valence-electron chi connectivity index (χ3n) is 2.92. The number of hydrogen-bond donors (Lipinski definition) is 1. The van der Waals surface area contributed by atoms with Crippen LogP contribution in [-0.4, -0.2) is 23.5 Å². The largest absolute Gasteiger partial charge is 0.481 e. The van der Waals surface area contributed by atoms with Gasteiger partial charge in [0, 0.05) is 5.92 Å². The summed E-state index contributed by atoms with van der Waals surface area (Å²) in [7, 11) is 0. The van der Waals surface area contributed by atoms with Gasteiger partial charge < -0.3 is 9.84 Å². The smallest absolute Gasteiger partial charge is 0.387 e. The number of hydrogen-bond acceptors (Lipinski definition) is 3. The Morgan fingerprint density at radius 2 is 1.74 bits per heavy atom. The Kier molecular flexibility index (Phi) is 4.97. The molecule has 0 aliphatic carbocycles. The normalized spacial score (nSPS) is 13.9. The second-order valence-corrected chi connectivity index (χ2v) is 4.15. The number of carboxylic acid groups (broad SMARTS) is 1. The molecule has 4 nitrogen and oxygen atoms in total. The number of ether oxygens (including phenoxy) is 1. The van der Waals surface area contributed by atoms with E-state index in [1.54, 1.807) is 0 Å². The maximum absolute atomic E-state index is 12.2. The fourth-order valence-electron chi connectivity index (χ4n) is 1.56. The summed E-state index contributed by atoms with van der Waals surface area (Å²) in [5.41, 5.74) is -0.0385. The first-order valence-electron chi connectivity index (χ1n) is 5.65. The lowest BCUT2D eigenvalue weighted by Gasteiger charge is -2.16. The van der Waals surface area contributed by atoms with Gasteiger partial charge >= 0.3 is 12.6 Å². The summed E-state index contributed by atoms with van der Waals surface area (Å²) in [4.78, 5) is 22.9. The van der Waals surface area contributed by atoms with E-state index in [0.717, 1.165) is 0 Å². The lowest BCUT2D eigenvalue weighted by Crippen LogP contribution is -2.26. The maximum Gasteiger partial charge on any atom is 0.387 e. The lowest BCUT2D eigenvalue weighted by molar-refractivity contribution is -0.142. The van der Waals surface area contributed by atoms with Crippen molar-refractivity contribution in [1.82, 2.24) is 0 Å². The van der Waals surface area contributed by atoms with Crippen molar-refractivity contribution in [3.8, 4) is 5.75 Å². The van der Waals surface area contributed by atoms with Gasteiger partial charge in [-0.1, -0.05) is 26.0 Å². The molecular weight excluding hydrogens is 258 g/mol. The molecule has 0 saturated heterocycles. The van der Waals surface area contributed by atoms with Crippen molar-refractivity contribution in [3.05, 3.63) is 29.8 Å². The van der Waals surface area contributed by atoms with E-state index in [-0.39, 0.29) is 11.3 Å². The number of carboxylic acids is 1. The Balaban J connectivity index is 3.02. The van der Waals surface area contributed by atoms with Crippen LogP contribution in [0.4, 0.5) is 8.78 Å². The van der Waals surface area contributed by atoms with Crippen molar-refractivity contribution in [3.63, 3.8) is 0 Å². The minimum absolute atomic E-state index is 0.0385. The molecule has 0 amide bonds. The van der Waals surface area contributed by atoms with Crippen LogP contribution in [0.15, 0.2) is 24.3 Å². The van der Waals surface area contributed by atoms with Crippen LogP contribution in [0.5, 0.6) is 5.75 Å². The van der Waals surface area contributed by atoms with Crippen LogP contribution < -0.4 is 4.74 Å². The summed E-state index contributed by atoms with van der Waals surface area (Å²) in [5.74, 6) is -3.64. The Morgan fingerprint density at radius 3 is 2.26 bits per heavy atom. The summed E-state index contributed by atoms with van der Waals surface area (Å²) >= 11 is 0. The van der Waals surface area contributed by atoms with Gasteiger partial charge in [0.1, 0.15) is 5.75 Å². The summed E-state index contributed by atoms with van der Waals surface area (Å²) in [5, 5.41) is 8.86. The minimum Gasteiger partial charge on any atom is -0.481 e. The lowest BCUT2D eigenvalue weighted by atomic mass is 9.88. The number of benzene rings is 1. The molecule has 2 atom stereocenters. The number of Topliss-reactive ketones (excluding diaryl/α,β-unsaturated/α-hetero) is 1. The van der Waals surface area contributed by atoms with Crippen LogP contribution in [0.1, 0.15) is 24.2 Å². The average molecular weight is 272 g/mol. The molecule has 0 spiro atoms. The molecule has 6 heteroatoms. The number of aliphatic carboxylic acids is 1. The highest BCUT2D eigenvalue weighted by Crippen LogP contribution is 2.26. The van der Waals surface area contributed by atoms with Crippen molar-refractivity contribution < 1.29 is 28.2 Å². The van der Waals surface area contributed by atoms with E-state index in [1.807, 2.05) is 0 Å². The third kappa shape index (κ3) is 3.74. The molecule has 19 heavy (non-hydrogen) atoms. The zero-order valence-electron chi connectivity index (χ0n) is 10.5. The zero-order valence-corrected chi connectivity index (χ0v) is 10.5. The fourth-order valence-corrected chi connectivity index (χ4v) is 1.56. The van der Waals surface area contributed by atoms with E-state index >= 15 is 0 Å². The van der Waals surface area contributed by atoms with Gasteiger partial charge in [0.05, 0.1) is 11.5 Å². The molecule has 104 valence electrons. The van der Waals surface area contributed by atoms with Gasteiger partial charge in [-0.15, -0.1) is 0 Å². The molecule has 1 N–H and O–H groups in total. The number of rotatable bonds is 6. The van der Waals surface area contributed by atoms with Crippen molar-refractivity contribution in [2.75, 3.05) is 0 Å². The predicted molar refractivity (Wildman–Crippen MR) is 63.4 cm³/mol. The van der Waals surface area contributed by atoms with E-state index < -0.39 is 30.2 Å². The van der Waals surface area contributed by atoms with Crippen LogP contribution in [0.25, 0.3) is 0 Å². The van der Waals surface area contributed by atoms with Crippen molar-refractivity contribution in [1.29, 1.82) is 0 Å². The Labute approximate surface area is 109 Å². The number of para-hydroxylation sites is 1. The number of halogens is 2. The summed E-state index contributed by atoms with van der Waals surface area (Å²) in [6, 6.07) is 5.55. The molecule has 0 radical (unpaired) electrons. The molecule has 1 rings (SSSR count). The number of carbonyl (C=O) groups is 2. The van der Waals surface area contributed by atoms with Gasteiger partial charge in [-0.25, -0.2) is 0 Å². The minimum atomic E-state index is -3.04. The van der Waals surface area contributed by atoms with Crippen molar-refractivity contribution in [2.24, 2.45) is 11.8 Å². The van der Waals surface area contributed by atoms with E-state index in [1.165, 1.54) is 38.1 Å².